The summed E-state index contributed by atoms with van der Waals surface area (Å²) in [5.41, 5.74) is 1.31. The lowest BCUT2D eigenvalue weighted by molar-refractivity contribution is -0.137. The summed E-state index contributed by atoms with van der Waals surface area (Å²) >= 11 is 1.83. The highest BCUT2D eigenvalue weighted by atomic mass is 32.2. The number of thioether (sulfide) groups is 1. The molecule has 0 bridgehead atoms. The number of halogens is 3. The van der Waals surface area contributed by atoms with Crippen LogP contribution in [0.5, 0.6) is 0 Å². The molecular formula is C18H18F3NS. The topological polar surface area (TPSA) is 12.0 Å². The molecule has 0 radical (unpaired) electrons. The molecule has 3 rings (SSSR count). The van der Waals surface area contributed by atoms with Crippen molar-refractivity contribution in [2.75, 3.05) is 5.75 Å². The van der Waals surface area contributed by atoms with Crippen LogP contribution in [0.3, 0.4) is 0 Å². The first-order valence-corrected chi connectivity index (χ1v) is 8.58. The van der Waals surface area contributed by atoms with E-state index in [1.165, 1.54) is 22.6 Å². The predicted molar refractivity (Wildman–Crippen MR) is 87.5 cm³/mol. The largest absolute Gasteiger partial charge is 0.416 e. The highest BCUT2D eigenvalue weighted by molar-refractivity contribution is 7.99. The molecule has 0 spiro atoms. The molecule has 0 fully saturated rings. The van der Waals surface area contributed by atoms with E-state index in [9.17, 15) is 13.2 Å². The Balaban J connectivity index is 1.79. The van der Waals surface area contributed by atoms with Gasteiger partial charge in [0.1, 0.15) is 0 Å². The molecule has 1 heterocycles. The van der Waals surface area contributed by atoms with Crippen LogP contribution in [-0.4, -0.2) is 5.75 Å². The normalized spacial score (nSPS) is 19.2. The lowest BCUT2D eigenvalue weighted by Gasteiger charge is -2.29. The lowest BCUT2D eigenvalue weighted by atomic mass is 9.99. The fourth-order valence-electron chi connectivity index (χ4n) is 2.90. The van der Waals surface area contributed by atoms with Crippen molar-refractivity contribution in [1.29, 1.82) is 0 Å². The average molecular weight is 337 g/mol. The first-order chi connectivity index (χ1) is 10.9. The molecule has 2 aromatic carbocycles. The summed E-state index contributed by atoms with van der Waals surface area (Å²) in [5.74, 6) is 1.02. The zero-order valence-electron chi connectivity index (χ0n) is 12.7. The van der Waals surface area contributed by atoms with Gasteiger partial charge in [-0.05, 0) is 48.4 Å². The zero-order valence-corrected chi connectivity index (χ0v) is 13.5. The monoisotopic (exact) mass is 337 g/mol. The second-order valence-electron chi connectivity index (χ2n) is 5.74. The smallest absolute Gasteiger partial charge is 0.303 e. The Morgan fingerprint density at radius 2 is 1.91 bits per heavy atom. The second kappa shape index (κ2) is 6.57. The van der Waals surface area contributed by atoms with Crippen molar-refractivity contribution in [3.63, 3.8) is 0 Å². The van der Waals surface area contributed by atoms with Gasteiger partial charge in [-0.2, -0.15) is 13.2 Å². The van der Waals surface area contributed by atoms with Crippen molar-refractivity contribution in [3.05, 3.63) is 65.2 Å². The minimum atomic E-state index is -4.30. The van der Waals surface area contributed by atoms with Gasteiger partial charge in [0.05, 0.1) is 5.56 Å². The molecule has 0 saturated heterocycles. The SMILES string of the molecule is CC(NC1CCSc2ccccc21)c1cccc(C(F)(F)F)c1. The summed E-state index contributed by atoms with van der Waals surface area (Å²) < 4.78 is 38.6. The molecule has 2 atom stereocenters. The molecule has 1 nitrogen and oxygen atoms in total. The van der Waals surface area contributed by atoms with Gasteiger partial charge in [-0.25, -0.2) is 0 Å². The first kappa shape index (κ1) is 16.4. The Hall–Kier alpha value is -1.46. The number of alkyl halides is 3. The Morgan fingerprint density at radius 3 is 2.70 bits per heavy atom. The zero-order chi connectivity index (χ0) is 16.4. The first-order valence-electron chi connectivity index (χ1n) is 7.60. The van der Waals surface area contributed by atoms with Gasteiger partial charge >= 0.3 is 6.18 Å². The van der Waals surface area contributed by atoms with Crippen molar-refractivity contribution >= 4 is 11.8 Å². The van der Waals surface area contributed by atoms with Gasteiger partial charge in [-0.3, -0.25) is 0 Å². The molecule has 5 heteroatoms. The quantitative estimate of drug-likeness (QED) is 0.783. The Labute approximate surface area is 138 Å². The highest BCUT2D eigenvalue weighted by Gasteiger charge is 2.31. The van der Waals surface area contributed by atoms with Gasteiger partial charge < -0.3 is 5.32 Å². The molecule has 0 aliphatic carbocycles. The van der Waals surface area contributed by atoms with Gasteiger partial charge in [0.15, 0.2) is 0 Å². The third-order valence-corrected chi connectivity index (χ3v) is 5.25. The number of hydrogen-bond donors (Lipinski definition) is 1. The summed E-state index contributed by atoms with van der Waals surface area (Å²) in [5, 5.41) is 3.49. The molecule has 0 saturated carbocycles. The predicted octanol–water partition coefficient (Wildman–Crippen LogP) is 5.59. The number of nitrogens with one attached hydrogen (secondary N) is 1. The van der Waals surface area contributed by atoms with Gasteiger partial charge in [0.25, 0.3) is 0 Å². The van der Waals surface area contributed by atoms with Gasteiger partial charge in [0, 0.05) is 17.0 Å². The number of benzene rings is 2. The van der Waals surface area contributed by atoms with E-state index >= 15 is 0 Å². The molecular weight excluding hydrogens is 319 g/mol. The van der Waals surface area contributed by atoms with E-state index in [0.29, 0.717) is 5.56 Å². The highest BCUT2D eigenvalue weighted by Crippen LogP contribution is 2.37. The summed E-state index contributed by atoms with van der Waals surface area (Å²) in [4.78, 5) is 1.26. The molecule has 0 amide bonds. The summed E-state index contributed by atoms with van der Waals surface area (Å²) in [6, 6.07) is 13.8. The lowest BCUT2D eigenvalue weighted by Crippen LogP contribution is -2.27. The van der Waals surface area contributed by atoms with Crippen LogP contribution in [0.15, 0.2) is 53.4 Å². The number of hydrogen-bond acceptors (Lipinski definition) is 2. The summed E-state index contributed by atoms with van der Waals surface area (Å²) in [7, 11) is 0. The van der Waals surface area contributed by atoms with Crippen LogP contribution in [-0.2, 0) is 6.18 Å². The van der Waals surface area contributed by atoms with Gasteiger partial charge in [-0.15, -0.1) is 11.8 Å². The van der Waals surface area contributed by atoms with Crippen molar-refractivity contribution < 1.29 is 13.2 Å². The maximum absolute atomic E-state index is 12.9. The van der Waals surface area contributed by atoms with Gasteiger partial charge in [-0.1, -0.05) is 30.3 Å². The van der Waals surface area contributed by atoms with E-state index in [-0.39, 0.29) is 12.1 Å². The minimum absolute atomic E-state index is 0.140. The van der Waals surface area contributed by atoms with Crippen LogP contribution in [0.25, 0.3) is 0 Å². The fourth-order valence-corrected chi connectivity index (χ4v) is 4.02. The van der Waals surface area contributed by atoms with Crippen molar-refractivity contribution in [2.24, 2.45) is 0 Å². The summed E-state index contributed by atoms with van der Waals surface area (Å²) in [6.07, 6.45) is -3.32. The molecule has 2 aromatic rings. The Kier molecular flexibility index (Phi) is 4.69. The van der Waals surface area contributed by atoms with Crippen molar-refractivity contribution in [2.45, 2.75) is 36.5 Å². The maximum Gasteiger partial charge on any atom is 0.416 e. The van der Waals surface area contributed by atoms with Crippen LogP contribution >= 0.6 is 11.8 Å². The van der Waals surface area contributed by atoms with Crippen LogP contribution in [0, 0.1) is 0 Å². The summed E-state index contributed by atoms with van der Waals surface area (Å²) in [6.45, 7) is 1.92. The Morgan fingerprint density at radius 1 is 1.13 bits per heavy atom. The third kappa shape index (κ3) is 3.72. The number of fused-ring (bicyclic) bond motifs is 1. The van der Waals surface area contributed by atoms with Crippen LogP contribution < -0.4 is 5.32 Å². The third-order valence-electron chi connectivity index (χ3n) is 4.12. The van der Waals surface area contributed by atoms with Crippen LogP contribution in [0.1, 0.15) is 42.1 Å². The molecule has 23 heavy (non-hydrogen) atoms. The molecule has 2 unspecified atom stereocenters. The van der Waals surface area contributed by atoms with E-state index in [1.807, 2.05) is 30.8 Å². The number of rotatable bonds is 3. The average Bonchev–Trinajstić information content (AvgIpc) is 2.54. The van der Waals surface area contributed by atoms with E-state index < -0.39 is 11.7 Å². The van der Waals surface area contributed by atoms with Gasteiger partial charge in [0.2, 0.25) is 0 Å². The molecule has 1 aliphatic rings. The minimum Gasteiger partial charge on any atom is -0.303 e. The van der Waals surface area contributed by atoms with E-state index in [1.54, 1.807) is 6.07 Å². The van der Waals surface area contributed by atoms with Crippen LogP contribution in [0.4, 0.5) is 13.2 Å². The van der Waals surface area contributed by atoms with Crippen LogP contribution in [0.2, 0.25) is 0 Å². The molecule has 122 valence electrons. The maximum atomic E-state index is 12.9. The van der Waals surface area contributed by atoms with E-state index in [0.717, 1.165) is 18.2 Å². The van der Waals surface area contributed by atoms with Crippen molar-refractivity contribution in [3.8, 4) is 0 Å². The molecule has 0 aromatic heterocycles. The fraction of sp³-hybridized carbons (Fsp3) is 0.333. The van der Waals surface area contributed by atoms with Crippen molar-refractivity contribution in [1.82, 2.24) is 5.32 Å². The second-order valence-corrected chi connectivity index (χ2v) is 6.88. The Bertz CT molecular complexity index is 684. The standard InChI is InChI=1S/C18H18F3NS/c1-12(13-5-4-6-14(11-13)18(19,20)21)22-16-9-10-23-17-8-3-2-7-15(16)17/h2-8,11-12,16,22H,9-10H2,1H3. The molecule has 1 N–H and O–H groups in total. The van der Waals surface area contributed by atoms with E-state index in [4.69, 9.17) is 0 Å². The van der Waals surface area contributed by atoms with E-state index in [2.05, 4.69) is 17.4 Å². The molecule has 1 aliphatic heterocycles.